The van der Waals surface area contributed by atoms with Crippen LogP contribution < -0.4 is 15.4 Å². The highest BCUT2D eigenvalue weighted by Gasteiger charge is 2.14. The zero-order valence-electron chi connectivity index (χ0n) is 16.1. The standard InChI is InChI=1S/C20H19FN4O4S/c1-28-8-9-29-18-7-6-13(11-22-18)23-17(26)10-14-12-30-20(24-14)25-19(27)15-4-2-3-5-16(15)21/h2-7,11-12H,8-10H2,1H3,(H,23,26)(H,24,25,27). The van der Waals surface area contributed by atoms with E-state index in [1.165, 1.54) is 24.4 Å². The van der Waals surface area contributed by atoms with Crippen molar-refractivity contribution in [3.05, 3.63) is 65.0 Å². The van der Waals surface area contributed by atoms with Gasteiger partial charge in [0.1, 0.15) is 12.4 Å². The van der Waals surface area contributed by atoms with Crippen LogP contribution in [0.15, 0.2) is 48.0 Å². The summed E-state index contributed by atoms with van der Waals surface area (Å²) >= 11 is 1.15. The lowest BCUT2D eigenvalue weighted by atomic mass is 10.2. The molecule has 0 aliphatic heterocycles. The molecule has 30 heavy (non-hydrogen) atoms. The number of ether oxygens (including phenoxy) is 2. The van der Waals surface area contributed by atoms with Gasteiger partial charge in [-0.2, -0.15) is 0 Å². The Labute approximate surface area is 176 Å². The minimum Gasteiger partial charge on any atom is -0.475 e. The second kappa shape index (κ2) is 10.4. The predicted molar refractivity (Wildman–Crippen MR) is 110 cm³/mol. The Balaban J connectivity index is 1.51. The van der Waals surface area contributed by atoms with Crippen molar-refractivity contribution < 1.29 is 23.5 Å². The fourth-order valence-electron chi connectivity index (χ4n) is 2.39. The normalized spacial score (nSPS) is 10.5. The van der Waals surface area contributed by atoms with E-state index in [0.717, 1.165) is 11.3 Å². The first-order valence-corrected chi connectivity index (χ1v) is 9.81. The summed E-state index contributed by atoms with van der Waals surface area (Å²) in [5.41, 5.74) is 0.922. The number of nitrogens with one attached hydrogen (secondary N) is 2. The van der Waals surface area contributed by atoms with Gasteiger partial charge in [0.05, 0.1) is 36.2 Å². The van der Waals surface area contributed by atoms with Crippen LogP contribution in [0.5, 0.6) is 5.88 Å². The lowest BCUT2D eigenvalue weighted by molar-refractivity contribution is -0.115. The number of methoxy groups -OCH3 is 1. The number of rotatable bonds is 9. The number of carbonyl (C=O) groups is 2. The Morgan fingerprint density at radius 3 is 2.70 bits per heavy atom. The minimum absolute atomic E-state index is 0.0121. The molecule has 0 bridgehead atoms. The van der Waals surface area contributed by atoms with Crippen LogP contribution in [-0.4, -0.2) is 42.1 Å². The van der Waals surface area contributed by atoms with Crippen molar-refractivity contribution >= 4 is 34.0 Å². The summed E-state index contributed by atoms with van der Waals surface area (Å²) in [6.07, 6.45) is 1.50. The molecule has 2 N–H and O–H groups in total. The number of benzene rings is 1. The van der Waals surface area contributed by atoms with E-state index < -0.39 is 11.7 Å². The number of hydrogen-bond acceptors (Lipinski definition) is 7. The maximum absolute atomic E-state index is 13.7. The number of aromatic nitrogens is 2. The molecule has 0 atom stereocenters. The van der Waals surface area contributed by atoms with Crippen molar-refractivity contribution in [1.82, 2.24) is 9.97 Å². The molecule has 0 saturated heterocycles. The third-order valence-corrected chi connectivity index (χ3v) is 4.60. The van der Waals surface area contributed by atoms with Crippen LogP contribution >= 0.6 is 11.3 Å². The monoisotopic (exact) mass is 430 g/mol. The summed E-state index contributed by atoms with van der Waals surface area (Å²) in [4.78, 5) is 32.6. The molecular weight excluding hydrogens is 411 g/mol. The van der Waals surface area contributed by atoms with Gasteiger partial charge in [-0.25, -0.2) is 14.4 Å². The topological polar surface area (TPSA) is 102 Å². The van der Waals surface area contributed by atoms with Gasteiger partial charge in [-0.3, -0.25) is 14.9 Å². The van der Waals surface area contributed by atoms with E-state index in [1.807, 2.05) is 0 Å². The second-order valence-corrected chi connectivity index (χ2v) is 6.89. The van der Waals surface area contributed by atoms with Gasteiger partial charge in [0.2, 0.25) is 11.8 Å². The highest BCUT2D eigenvalue weighted by molar-refractivity contribution is 7.14. The van der Waals surface area contributed by atoms with Crippen LogP contribution in [0.2, 0.25) is 0 Å². The van der Waals surface area contributed by atoms with Gasteiger partial charge < -0.3 is 14.8 Å². The van der Waals surface area contributed by atoms with E-state index in [4.69, 9.17) is 9.47 Å². The molecule has 2 heterocycles. The predicted octanol–water partition coefficient (Wildman–Crippen LogP) is 3.14. The van der Waals surface area contributed by atoms with Crippen molar-refractivity contribution in [2.45, 2.75) is 6.42 Å². The third-order valence-electron chi connectivity index (χ3n) is 3.79. The van der Waals surface area contributed by atoms with Gasteiger partial charge in [-0.05, 0) is 18.2 Å². The molecule has 0 saturated carbocycles. The van der Waals surface area contributed by atoms with Crippen molar-refractivity contribution in [1.29, 1.82) is 0 Å². The zero-order valence-corrected chi connectivity index (χ0v) is 16.9. The fraction of sp³-hybridized carbons (Fsp3) is 0.200. The Morgan fingerprint density at radius 2 is 1.97 bits per heavy atom. The first kappa shape index (κ1) is 21.3. The number of amides is 2. The molecule has 0 unspecified atom stereocenters. The van der Waals surface area contributed by atoms with Crippen molar-refractivity contribution in [3.8, 4) is 5.88 Å². The van der Waals surface area contributed by atoms with Gasteiger partial charge >= 0.3 is 0 Å². The average Bonchev–Trinajstić information content (AvgIpc) is 3.16. The molecule has 2 amide bonds. The lowest BCUT2D eigenvalue weighted by Crippen LogP contribution is -2.15. The second-order valence-electron chi connectivity index (χ2n) is 6.03. The summed E-state index contributed by atoms with van der Waals surface area (Å²) in [5.74, 6) is -1.07. The molecule has 0 aliphatic rings. The highest BCUT2D eigenvalue weighted by atomic mass is 32.1. The molecule has 10 heteroatoms. The summed E-state index contributed by atoms with van der Waals surface area (Å²) in [7, 11) is 1.58. The maximum atomic E-state index is 13.7. The van der Waals surface area contributed by atoms with Gasteiger partial charge in [0.15, 0.2) is 5.13 Å². The Kier molecular flexibility index (Phi) is 7.41. The van der Waals surface area contributed by atoms with E-state index in [1.54, 1.807) is 30.7 Å². The Morgan fingerprint density at radius 1 is 1.13 bits per heavy atom. The summed E-state index contributed by atoms with van der Waals surface area (Å²) in [5, 5.41) is 7.18. The number of anilines is 2. The molecule has 3 aromatic rings. The van der Waals surface area contributed by atoms with Crippen LogP contribution in [0.1, 0.15) is 16.1 Å². The van der Waals surface area contributed by atoms with E-state index in [9.17, 15) is 14.0 Å². The number of halogens is 1. The molecule has 0 fully saturated rings. The SMILES string of the molecule is COCCOc1ccc(NC(=O)Cc2csc(NC(=O)c3ccccc3F)n2)cn1. The Hall–Kier alpha value is -3.37. The number of pyridine rings is 1. The van der Waals surface area contributed by atoms with Crippen LogP contribution in [0, 0.1) is 5.82 Å². The van der Waals surface area contributed by atoms with Gasteiger partial charge in [-0.15, -0.1) is 11.3 Å². The molecule has 8 nitrogen and oxygen atoms in total. The number of hydrogen-bond donors (Lipinski definition) is 2. The maximum Gasteiger partial charge on any atom is 0.260 e. The molecule has 1 aromatic carbocycles. The molecule has 156 valence electrons. The molecule has 0 spiro atoms. The van der Waals surface area contributed by atoms with Crippen molar-refractivity contribution in [3.63, 3.8) is 0 Å². The van der Waals surface area contributed by atoms with Crippen LogP contribution in [0.3, 0.4) is 0 Å². The lowest BCUT2D eigenvalue weighted by Gasteiger charge is -2.06. The van der Waals surface area contributed by atoms with Crippen LogP contribution in [0.4, 0.5) is 15.2 Å². The van der Waals surface area contributed by atoms with Crippen LogP contribution in [-0.2, 0) is 16.0 Å². The highest BCUT2D eigenvalue weighted by Crippen LogP contribution is 2.18. The van der Waals surface area contributed by atoms with Crippen molar-refractivity contribution in [2.24, 2.45) is 0 Å². The minimum atomic E-state index is -0.616. The number of nitrogens with zero attached hydrogens (tertiary/aromatic N) is 2. The number of thiazole rings is 1. The average molecular weight is 430 g/mol. The van der Waals surface area contributed by atoms with E-state index in [-0.39, 0.29) is 23.0 Å². The molecule has 3 rings (SSSR count). The first-order valence-electron chi connectivity index (χ1n) is 8.93. The fourth-order valence-corrected chi connectivity index (χ4v) is 3.10. The van der Waals surface area contributed by atoms with Crippen molar-refractivity contribution in [2.75, 3.05) is 31.0 Å². The number of carbonyl (C=O) groups excluding carboxylic acids is 2. The largest absolute Gasteiger partial charge is 0.475 e. The smallest absolute Gasteiger partial charge is 0.260 e. The quantitative estimate of drug-likeness (QED) is 0.506. The van der Waals surface area contributed by atoms with E-state index in [0.29, 0.717) is 30.5 Å². The molecule has 0 aliphatic carbocycles. The summed E-state index contributed by atoms with van der Waals surface area (Å²) in [6.45, 7) is 0.839. The summed E-state index contributed by atoms with van der Waals surface area (Å²) < 4.78 is 23.9. The molecule has 2 aromatic heterocycles. The van der Waals surface area contributed by atoms with E-state index >= 15 is 0 Å². The third kappa shape index (κ3) is 6.06. The molecule has 0 radical (unpaired) electrons. The summed E-state index contributed by atoms with van der Waals surface area (Å²) in [6, 6.07) is 8.99. The van der Waals surface area contributed by atoms with Gasteiger partial charge in [0, 0.05) is 18.6 Å². The van der Waals surface area contributed by atoms with Gasteiger partial charge in [0.25, 0.3) is 5.91 Å². The van der Waals surface area contributed by atoms with Crippen LogP contribution in [0.25, 0.3) is 0 Å². The van der Waals surface area contributed by atoms with E-state index in [2.05, 4.69) is 20.6 Å². The zero-order chi connectivity index (χ0) is 21.3. The molecular formula is C20H19FN4O4S. The first-order chi connectivity index (χ1) is 14.5. The van der Waals surface area contributed by atoms with Gasteiger partial charge in [-0.1, -0.05) is 12.1 Å². The Bertz CT molecular complexity index is 1010.